The first-order valence-corrected chi connectivity index (χ1v) is 7.72. The van der Waals surface area contributed by atoms with Gasteiger partial charge in [0.15, 0.2) is 0 Å². The quantitative estimate of drug-likeness (QED) is 0.798. The highest BCUT2D eigenvalue weighted by Gasteiger charge is 2.44. The standard InChI is InChI=1S/C13H24N2O3S/c1-7(2)5-9(14)11(16)15-10(13(17)18)6-19-12(15)8(3)4/h7-10,12H,5-6,14H2,1-4H3,(H,17,18). The first-order valence-electron chi connectivity index (χ1n) is 6.67. The van der Waals surface area contributed by atoms with E-state index >= 15 is 0 Å². The average molecular weight is 288 g/mol. The Hall–Kier alpha value is -0.750. The lowest BCUT2D eigenvalue weighted by Gasteiger charge is -2.32. The van der Waals surface area contributed by atoms with Crippen LogP contribution in [0.3, 0.4) is 0 Å². The lowest BCUT2D eigenvalue weighted by molar-refractivity contribution is -0.150. The molecule has 0 aromatic heterocycles. The van der Waals surface area contributed by atoms with Crippen LogP contribution in [-0.2, 0) is 9.59 Å². The number of carboxylic acids is 1. The fraction of sp³-hybridized carbons (Fsp3) is 0.846. The van der Waals surface area contributed by atoms with E-state index in [-0.39, 0.29) is 17.2 Å². The number of carboxylic acid groups (broad SMARTS) is 1. The van der Waals surface area contributed by atoms with Crippen LogP contribution >= 0.6 is 11.8 Å². The maximum atomic E-state index is 12.4. The molecule has 110 valence electrons. The van der Waals surface area contributed by atoms with Crippen LogP contribution in [0.1, 0.15) is 34.1 Å². The van der Waals surface area contributed by atoms with Gasteiger partial charge in [-0.25, -0.2) is 4.79 Å². The number of amides is 1. The molecular formula is C13H24N2O3S. The van der Waals surface area contributed by atoms with Gasteiger partial charge in [-0.2, -0.15) is 0 Å². The summed E-state index contributed by atoms with van der Waals surface area (Å²) < 4.78 is 0. The Balaban J connectivity index is 2.89. The number of rotatable bonds is 5. The van der Waals surface area contributed by atoms with Crippen LogP contribution in [0.5, 0.6) is 0 Å². The Kier molecular flexibility index (Phi) is 5.67. The molecule has 1 rings (SSSR count). The largest absolute Gasteiger partial charge is 0.480 e. The summed E-state index contributed by atoms with van der Waals surface area (Å²) in [6, 6.07) is -1.36. The van der Waals surface area contributed by atoms with Crippen molar-refractivity contribution >= 4 is 23.6 Å². The van der Waals surface area contributed by atoms with Gasteiger partial charge in [-0.3, -0.25) is 4.79 Å². The third-order valence-electron chi connectivity index (χ3n) is 3.19. The summed E-state index contributed by atoms with van der Waals surface area (Å²) in [6.45, 7) is 7.99. The molecule has 6 heteroatoms. The second kappa shape index (κ2) is 6.61. The number of carbonyl (C=O) groups is 2. The molecule has 0 radical (unpaired) electrons. The van der Waals surface area contributed by atoms with E-state index in [1.54, 1.807) is 0 Å². The monoisotopic (exact) mass is 288 g/mol. The average Bonchev–Trinajstić information content (AvgIpc) is 2.71. The van der Waals surface area contributed by atoms with E-state index in [1.165, 1.54) is 16.7 Å². The number of thioether (sulfide) groups is 1. The summed E-state index contributed by atoms with van der Waals surface area (Å²) in [6.07, 6.45) is 0.581. The van der Waals surface area contributed by atoms with Gasteiger partial charge in [0.2, 0.25) is 5.91 Å². The number of nitrogens with zero attached hydrogens (tertiary/aromatic N) is 1. The van der Waals surface area contributed by atoms with E-state index in [9.17, 15) is 14.7 Å². The van der Waals surface area contributed by atoms with Crippen molar-refractivity contribution in [3.8, 4) is 0 Å². The van der Waals surface area contributed by atoms with Gasteiger partial charge in [-0.15, -0.1) is 11.8 Å². The zero-order chi connectivity index (χ0) is 14.7. The third-order valence-corrected chi connectivity index (χ3v) is 4.81. The number of hydrogen-bond acceptors (Lipinski definition) is 4. The Morgan fingerprint density at radius 1 is 1.37 bits per heavy atom. The molecule has 1 amide bonds. The van der Waals surface area contributed by atoms with Crippen molar-refractivity contribution in [2.75, 3.05) is 5.75 Å². The van der Waals surface area contributed by atoms with Crippen molar-refractivity contribution < 1.29 is 14.7 Å². The molecule has 5 nitrogen and oxygen atoms in total. The number of nitrogens with two attached hydrogens (primary N) is 1. The van der Waals surface area contributed by atoms with Gasteiger partial charge in [0, 0.05) is 5.75 Å². The number of carbonyl (C=O) groups excluding carboxylic acids is 1. The second-order valence-corrected chi connectivity index (χ2v) is 6.95. The maximum Gasteiger partial charge on any atom is 0.327 e. The Labute approximate surface area is 118 Å². The molecule has 0 spiro atoms. The highest BCUT2D eigenvalue weighted by molar-refractivity contribution is 8.00. The molecule has 3 atom stereocenters. The van der Waals surface area contributed by atoms with Crippen LogP contribution in [0, 0.1) is 11.8 Å². The third kappa shape index (κ3) is 3.86. The van der Waals surface area contributed by atoms with Gasteiger partial charge in [0.1, 0.15) is 6.04 Å². The summed E-state index contributed by atoms with van der Waals surface area (Å²) in [5, 5.41) is 9.16. The molecule has 1 saturated heterocycles. The minimum Gasteiger partial charge on any atom is -0.480 e. The van der Waals surface area contributed by atoms with Crippen LogP contribution in [0.2, 0.25) is 0 Å². The van der Waals surface area contributed by atoms with E-state index in [1.807, 2.05) is 27.7 Å². The van der Waals surface area contributed by atoms with Gasteiger partial charge < -0.3 is 15.7 Å². The Bertz CT molecular complexity index is 347. The number of hydrogen-bond donors (Lipinski definition) is 2. The van der Waals surface area contributed by atoms with Crippen LogP contribution in [0.25, 0.3) is 0 Å². The van der Waals surface area contributed by atoms with Crippen LogP contribution in [0.4, 0.5) is 0 Å². The number of aliphatic carboxylic acids is 1. The molecule has 19 heavy (non-hydrogen) atoms. The minimum absolute atomic E-state index is 0.0909. The van der Waals surface area contributed by atoms with Crippen molar-refractivity contribution in [2.45, 2.75) is 51.6 Å². The smallest absolute Gasteiger partial charge is 0.327 e. The maximum absolute atomic E-state index is 12.4. The van der Waals surface area contributed by atoms with Crippen LogP contribution in [0.15, 0.2) is 0 Å². The van der Waals surface area contributed by atoms with Crippen molar-refractivity contribution in [3.63, 3.8) is 0 Å². The van der Waals surface area contributed by atoms with E-state index < -0.39 is 18.1 Å². The summed E-state index contributed by atoms with van der Waals surface area (Å²) in [5.41, 5.74) is 5.93. The van der Waals surface area contributed by atoms with E-state index in [0.29, 0.717) is 18.1 Å². The molecule has 0 aromatic carbocycles. The molecule has 1 aliphatic heterocycles. The lowest BCUT2D eigenvalue weighted by Crippen LogP contribution is -2.53. The van der Waals surface area contributed by atoms with E-state index in [0.717, 1.165) is 0 Å². The van der Waals surface area contributed by atoms with Gasteiger partial charge >= 0.3 is 5.97 Å². The minimum atomic E-state index is -0.944. The summed E-state index contributed by atoms with van der Waals surface area (Å²) in [4.78, 5) is 25.2. The molecule has 1 heterocycles. The van der Waals surface area contributed by atoms with E-state index in [4.69, 9.17) is 5.73 Å². The van der Waals surface area contributed by atoms with Crippen molar-refractivity contribution in [3.05, 3.63) is 0 Å². The van der Waals surface area contributed by atoms with Gasteiger partial charge in [0.25, 0.3) is 0 Å². The molecule has 0 saturated carbocycles. The van der Waals surface area contributed by atoms with Gasteiger partial charge in [-0.1, -0.05) is 27.7 Å². The van der Waals surface area contributed by atoms with Gasteiger partial charge in [-0.05, 0) is 18.3 Å². The SMILES string of the molecule is CC(C)CC(N)C(=O)N1C(C(=O)O)CSC1C(C)C. The molecule has 0 aliphatic carbocycles. The van der Waals surface area contributed by atoms with Gasteiger partial charge in [0.05, 0.1) is 11.4 Å². The van der Waals surface area contributed by atoms with Crippen molar-refractivity contribution in [1.29, 1.82) is 0 Å². The van der Waals surface area contributed by atoms with E-state index in [2.05, 4.69) is 0 Å². The predicted octanol–water partition coefficient (Wildman–Crippen LogP) is 1.37. The lowest BCUT2D eigenvalue weighted by atomic mass is 10.0. The second-order valence-electron chi connectivity index (χ2n) is 5.80. The fourth-order valence-electron chi connectivity index (χ4n) is 2.31. The Morgan fingerprint density at radius 2 is 1.95 bits per heavy atom. The zero-order valence-corrected chi connectivity index (χ0v) is 12.8. The molecule has 1 fully saturated rings. The molecule has 3 unspecified atom stereocenters. The van der Waals surface area contributed by atoms with Crippen LogP contribution < -0.4 is 5.73 Å². The molecular weight excluding hydrogens is 264 g/mol. The molecule has 3 N–H and O–H groups in total. The highest BCUT2D eigenvalue weighted by atomic mass is 32.2. The summed E-state index contributed by atoms with van der Waals surface area (Å²) >= 11 is 1.53. The van der Waals surface area contributed by atoms with Crippen LogP contribution in [-0.4, -0.2) is 45.1 Å². The van der Waals surface area contributed by atoms with Crippen molar-refractivity contribution in [2.24, 2.45) is 17.6 Å². The molecule has 0 bridgehead atoms. The zero-order valence-electron chi connectivity index (χ0n) is 12.0. The highest BCUT2D eigenvalue weighted by Crippen LogP contribution is 2.34. The first kappa shape index (κ1) is 16.3. The fourth-order valence-corrected chi connectivity index (χ4v) is 3.79. The summed E-state index contributed by atoms with van der Waals surface area (Å²) in [5.74, 6) is -0.205. The molecule has 0 aromatic rings. The first-order chi connectivity index (χ1) is 8.75. The summed E-state index contributed by atoms with van der Waals surface area (Å²) in [7, 11) is 0. The predicted molar refractivity (Wildman–Crippen MR) is 76.8 cm³/mol. The topological polar surface area (TPSA) is 83.6 Å². The Morgan fingerprint density at radius 3 is 2.37 bits per heavy atom. The molecule has 1 aliphatic rings. The van der Waals surface area contributed by atoms with Crippen molar-refractivity contribution in [1.82, 2.24) is 4.90 Å². The normalized spacial score (nSPS) is 25.1.